The maximum atomic E-state index is 10.8. The second kappa shape index (κ2) is 6.15. The van der Waals surface area contributed by atoms with Gasteiger partial charge in [-0.2, -0.15) is 0 Å². The van der Waals surface area contributed by atoms with Crippen LogP contribution in [-0.4, -0.2) is 29.7 Å². The molecule has 0 spiro atoms. The van der Waals surface area contributed by atoms with Crippen molar-refractivity contribution >= 4 is 11.5 Å². The molecule has 6 heteroatoms. The Balaban J connectivity index is 2.88. The average Bonchev–Trinajstić information content (AvgIpc) is 2.28. The molecule has 6 nitrogen and oxygen atoms in total. The molecular weight excluding hydrogens is 222 g/mol. The predicted octanol–water partition coefficient (Wildman–Crippen LogP) is 2.07. The number of anilines is 1. The molecule has 1 aromatic rings. The molecule has 0 radical (unpaired) electrons. The fraction of sp³-hybridized carbons (Fsp3) is 0.545. The summed E-state index contributed by atoms with van der Waals surface area (Å²) < 4.78 is 5.09. The molecule has 0 aliphatic rings. The molecule has 0 saturated carbocycles. The van der Waals surface area contributed by atoms with Crippen LogP contribution >= 0.6 is 0 Å². The summed E-state index contributed by atoms with van der Waals surface area (Å²) in [6.07, 6.45) is 1.41. The van der Waals surface area contributed by atoms with Crippen molar-refractivity contribution in [3.63, 3.8) is 0 Å². The van der Waals surface area contributed by atoms with Crippen molar-refractivity contribution in [2.75, 3.05) is 19.0 Å². The first kappa shape index (κ1) is 13.4. The average molecular weight is 239 g/mol. The van der Waals surface area contributed by atoms with Crippen LogP contribution in [0, 0.1) is 16.0 Å². The Hall–Kier alpha value is -1.69. The minimum Gasteiger partial charge on any atom is -0.383 e. The first-order valence-corrected chi connectivity index (χ1v) is 5.41. The largest absolute Gasteiger partial charge is 0.386 e. The van der Waals surface area contributed by atoms with Gasteiger partial charge in [0, 0.05) is 7.11 Å². The van der Waals surface area contributed by atoms with E-state index in [1.807, 2.05) is 13.8 Å². The number of nitrogens with one attached hydrogen (secondary N) is 1. The highest BCUT2D eigenvalue weighted by molar-refractivity contribution is 5.57. The van der Waals surface area contributed by atoms with Gasteiger partial charge in [-0.3, -0.25) is 0 Å². The van der Waals surface area contributed by atoms with Crippen LogP contribution in [0.5, 0.6) is 0 Å². The Bertz CT molecular complexity index is 382. The van der Waals surface area contributed by atoms with Crippen LogP contribution in [0.4, 0.5) is 11.5 Å². The number of hydrogen-bond acceptors (Lipinski definition) is 5. The Labute approximate surface area is 100 Å². The van der Waals surface area contributed by atoms with Crippen LogP contribution in [0.2, 0.25) is 0 Å². The van der Waals surface area contributed by atoms with Crippen molar-refractivity contribution in [3.05, 3.63) is 28.4 Å². The molecule has 0 aliphatic carbocycles. The molecule has 1 heterocycles. The minimum atomic E-state index is -0.494. The Morgan fingerprint density at radius 3 is 2.82 bits per heavy atom. The summed E-state index contributed by atoms with van der Waals surface area (Å²) in [5.41, 5.74) is 0.424. The number of methoxy groups -OCH3 is 1. The SMILES string of the molecule is COCC(Nc1cccnc1[N+](=O)[O-])C(C)C. The molecule has 0 saturated heterocycles. The van der Waals surface area contributed by atoms with Gasteiger partial charge in [-0.15, -0.1) is 0 Å². The van der Waals surface area contributed by atoms with E-state index in [2.05, 4.69) is 10.3 Å². The third-order valence-corrected chi connectivity index (χ3v) is 2.45. The zero-order valence-corrected chi connectivity index (χ0v) is 10.2. The van der Waals surface area contributed by atoms with Crippen molar-refractivity contribution in [2.45, 2.75) is 19.9 Å². The van der Waals surface area contributed by atoms with Crippen LogP contribution in [-0.2, 0) is 4.74 Å². The van der Waals surface area contributed by atoms with Gasteiger partial charge in [0.15, 0.2) is 0 Å². The number of nitrogens with zero attached hydrogens (tertiary/aromatic N) is 2. The molecule has 0 aliphatic heterocycles. The lowest BCUT2D eigenvalue weighted by atomic mass is 10.1. The molecule has 0 fully saturated rings. The lowest BCUT2D eigenvalue weighted by Crippen LogP contribution is -2.30. The minimum absolute atomic E-state index is 0.0166. The highest BCUT2D eigenvalue weighted by Crippen LogP contribution is 2.22. The van der Waals surface area contributed by atoms with Crippen molar-refractivity contribution in [3.8, 4) is 0 Å². The van der Waals surface area contributed by atoms with Gasteiger partial charge >= 0.3 is 5.82 Å². The van der Waals surface area contributed by atoms with E-state index in [4.69, 9.17) is 4.74 Å². The van der Waals surface area contributed by atoms with Gasteiger partial charge < -0.3 is 20.2 Å². The topological polar surface area (TPSA) is 77.3 Å². The number of rotatable bonds is 6. The molecule has 1 aromatic heterocycles. The number of hydrogen-bond donors (Lipinski definition) is 1. The summed E-state index contributed by atoms with van der Waals surface area (Å²) in [6.45, 7) is 4.54. The van der Waals surface area contributed by atoms with Crippen LogP contribution in [0.25, 0.3) is 0 Å². The second-order valence-corrected chi connectivity index (χ2v) is 4.08. The van der Waals surface area contributed by atoms with Crippen LogP contribution in [0.1, 0.15) is 13.8 Å². The lowest BCUT2D eigenvalue weighted by Gasteiger charge is -2.22. The molecule has 0 amide bonds. The maximum absolute atomic E-state index is 10.8. The second-order valence-electron chi connectivity index (χ2n) is 4.08. The predicted molar refractivity (Wildman–Crippen MR) is 65.0 cm³/mol. The highest BCUT2D eigenvalue weighted by Gasteiger charge is 2.19. The van der Waals surface area contributed by atoms with E-state index in [9.17, 15) is 10.1 Å². The smallest absolute Gasteiger partial charge is 0.383 e. The van der Waals surface area contributed by atoms with Crippen molar-refractivity contribution < 1.29 is 9.66 Å². The van der Waals surface area contributed by atoms with Gasteiger partial charge in [0.1, 0.15) is 11.9 Å². The summed E-state index contributed by atoms with van der Waals surface area (Å²) >= 11 is 0. The fourth-order valence-electron chi connectivity index (χ4n) is 1.44. The molecule has 1 rings (SSSR count). The van der Waals surface area contributed by atoms with E-state index in [0.717, 1.165) is 0 Å². The van der Waals surface area contributed by atoms with Gasteiger partial charge in [-0.1, -0.05) is 13.8 Å². The van der Waals surface area contributed by atoms with Gasteiger partial charge in [-0.25, -0.2) is 0 Å². The van der Waals surface area contributed by atoms with Crippen molar-refractivity contribution in [1.82, 2.24) is 4.98 Å². The van der Waals surface area contributed by atoms with Crippen molar-refractivity contribution in [2.24, 2.45) is 5.92 Å². The molecular formula is C11H17N3O3. The summed E-state index contributed by atoms with van der Waals surface area (Å²) in [7, 11) is 1.61. The summed E-state index contributed by atoms with van der Waals surface area (Å²) in [5, 5.41) is 13.9. The quantitative estimate of drug-likeness (QED) is 0.607. The third kappa shape index (κ3) is 3.67. The van der Waals surface area contributed by atoms with E-state index < -0.39 is 4.92 Å². The zero-order valence-electron chi connectivity index (χ0n) is 10.2. The standard InChI is InChI=1S/C11H17N3O3/c1-8(2)10(7-17-3)13-9-5-4-6-12-11(9)14(15)16/h4-6,8,10,13H,7H2,1-3H3. The first-order chi connectivity index (χ1) is 8.06. The number of ether oxygens (including phenoxy) is 1. The summed E-state index contributed by atoms with van der Waals surface area (Å²) in [4.78, 5) is 14.1. The highest BCUT2D eigenvalue weighted by atomic mass is 16.6. The molecule has 1 N–H and O–H groups in total. The number of nitro groups is 1. The third-order valence-electron chi connectivity index (χ3n) is 2.45. The monoisotopic (exact) mass is 239 g/mol. The van der Waals surface area contributed by atoms with Gasteiger partial charge in [0.05, 0.1) is 12.6 Å². The normalized spacial score (nSPS) is 12.5. The van der Waals surface area contributed by atoms with Gasteiger partial charge in [-0.05, 0) is 28.0 Å². The summed E-state index contributed by atoms with van der Waals surface area (Å²) in [5.74, 6) is 0.143. The Kier molecular flexibility index (Phi) is 4.84. The van der Waals surface area contributed by atoms with E-state index in [-0.39, 0.29) is 11.9 Å². The summed E-state index contributed by atoms with van der Waals surface area (Å²) in [6, 6.07) is 3.33. The molecule has 17 heavy (non-hydrogen) atoms. The number of aromatic nitrogens is 1. The molecule has 94 valence electrons. The Morgan fingerprint density at radius 1 is 1.59 bits per heavy atom. The van der Waals surface area contributed by atoms with Crippen LogP contribution in [0.3, 0.4) is 0 Å². The van der Waals surface area contributed by atoms with Crippen molar-refractivity contribution in [1.29, 1.82) is 0 Å². The Morgan fingerprint density at radius 2 is 2.29 bits per heavy atom. The van der Waals surface area contributed by atoms with Gasteiger partial charge in [0.2, 0.25) is 0 Å². The lowest BCUT2D eigenvalue weighted by molar-refractivity contribution is -0.388. The number of pyridine rings is 1. The van der Waals surface area contributed by atoms with E-state index in [1.54, 1.807) is 19.2 Å². The van der Waals surface area contributed by atoms with Crippen LogP contribution < -0.4 is 5.32 Å². The van der Waals surface area contributed by atoms with E-state index in [0.29, 0.717) is 18.2 Å². The zero-order chi connectivity index (χ0) is 12.8. The van der Waals surface area contributed by atoms with E-state index >= 15 is 0 Å². The maximum Gasteiger partial charge on any atom is 0.386 e. The van der Waals surface area contributed by atoms with Crippen LogP contribution in [0.15, 0.2) is 18.3 Å². The van der Waals surface area contributed by atoms with E-state index in [1.165, 1.54) is 6.20 Å². The molecule has 0 aromatic carbocycles. The fourth-order valence-corrected chi connectivity index (χ4v) is 1.44. The molecule has 1 atom stereocenters. The first-order valence-electron chi connectivity index (χ1n) is 5.41. The van der Waals surface area contributed by atoms with Gasteiger partial charge in [0.25, 0.3) is 0 Å². The molecule has 1 unspecified atom stereocenters. The molecule has 0 bridgehead atoms.